The van der Waals surface area contributed by atoms with Crippen LogP contribution in [0.2, 0.25) is 12.1 Å². The van der Waals surface area contributed by atoms with E-state index in [4.69, 9.17) is 0 Å². The second-order valence-electron chi connectivity index (χ2n) is 25.3. The van der Waals surface area contributed by atoms with Crippen molar-refractivity contribution < 1.29 is 0 Å². The summed E-state index contributed by atoms with van der Waals surface area (Å²) in [5.41, 5.74) is 0. The molecule has 0 fully saturated rings. The van der Waals surface area contributed by atoms with Crippen LogP contribution < -0.4 is 29.7 Å². The zero-order valence-corrected chi connectivity index (χ0v) is 59.6. The lowest BCUT2D eigenvalue weighted by Crippen LogP contribution is -2.64. The third kappa shape index (κ3) is 17.4. The molecule has 8 rings (SSSR count). The molecule has 0 nitrogen and oxygen atoms in total. The standard InChI is InChI=1S/C38H60S3Si.C34H52S3Si/c1-6-9-12-15-17-20-23-32(22-19-14-11-8-3)29-42(36-26-25-33(41-36)24-21-18-16-13-10-7-2)34-27-30(4)39-37(34)38-35(42)28-31(5)40-38;1-6-9-12-14-15-17-20-29-21-22-32(37-29)38(25-28(18-11-8-3)19-16-13-10-7-2)30-23-26(4)35-33(30)34-31(38)24-27(5)36-34/h25-28,32H,6-24,29H2,1-5H3;21-24,28H,6-20,25H2,1-5H3. The monoisotopic (exact) mass is 1220 g/mol. The highest BCUT2D eigenvalue weighted by Crippen LogP contribution is 2.45. The van der Waals surface area contributed by atoms with Crippen molar-refractivity contribution in [2.75, 3.05) is 0 Å². The summed E-state index contributed by atoms with van der Waals surface area (Å²) >= 11 is 12.8. The number of aryl methyl sites for hydroxylation is 6. The minimum atomic E-state index is -2.03. The van der Waals surface area contributed by atoms with Crippen molar-refractivity contribution in [1.82, 2.24) is 0 Å². The zero-order chi connectivity index (χ0) is 56.7. The van der Waals surface area contributed by atoms with Crippen LogP contribution in [0.3, 0.4) is 0 Å². The molecule has 80 heavy (non-hydrogen) atoms. The molecule has 0 bridgehead atoms. The zero-order valence-electron chi connectivity index (χ0n) is 52.7. The largest absolute Gasteiger partial charge is 0.164 e. The topological polar surface area (TPSA) is 0 Å². The van der Waals surface area contributed by atoms with Gasteiger partial charge in [0.05, 0.1) is 0 Å². The van der Waals surface area contributed by atoms with E-state index >= 15 is 0 Å². The van der Waals surface area contributed by atoms with Crippen LogP contribution in [0, 0.1) is 39.5 Å². The van der Waals surface area contributed by atoms with Crippen LogP contribution in [0.15, 0.2) is 48.5 Å². The highest BCUT2D eigenvalue weighted by molar-refractivity contribution is 7.39. The molecular weight excluding hydrogens is 1110 g/mol. The van der Waals surface area contributed by atoms with Crippen molar-refractivity contribution in [3.63, 3.8) is 0 Å². The van der Waals surface area contributed by atoms with Crippen LogP contribution in [0.25, 0.3) is 19.5 Å². The van der Waals surface area contributed by atoms with Crippen molar-refractivity contribution in [3.8, 4) is 19.5 Å². The summed E-state index contributed by atoms with van der Waals surface area (Å²) in [6.07, 6.45) is 47.4. The Bertz CT molecular complexity index is 2570. The van der Waals surface area contributed by atoms with Gasteiger partial charge in [-0.25, -0.2) is 0 Å². The molecule has 0 aromatic carbocycles. The van der Waals surface area contributed by atoms with Gasteiger partial charge in [0, 0.05) is 57.8 Å². The summed E-state index contributed by atoms with van der Waals surface area (Å²) in [7, 11) is -4.02. The Morgan fingerprint density at radius 3 is 0.875 bits per heavy atom. The smallest absolute Gasteiger partial charge is 0.149 e. The lowest BCUT2D eigenvalue weighted by molar-refractivity contribution is 0.431. The van der Waals surface area contributed by atoms with Crippen molar-refractivity contribution in [2.24, 2.45) is 11.8 Å². The second-order valence-corrected chi connectivity index (χ2v) is 41.1. The Balaban J connectivity index is 0.000000232. The summed E-state index contributed by atoms with van der Waals surface area (Å²) in [4.78, 5) is 16.0. The SMILES string of the molecule is CCCCCCCCc1ccc([Si]2(CC(CCCC)CCCCCC)c3cc(C)sc3-c3sc(C)cc32)s1.CCCCCCCCc1ccc([Si]2(CC(CCCCCC)CCCCCCCC)c3cc(C)sc3-c3sc(C)cc32)s1. The first-order valence-electron chi connectivity index (χ1n) is 33.7. The van der Waals surface area contributed by atoms with E-state index in [0.717, 1.165) is 11.8 Å². The van der Waals surface area contributed by atoms with E-state index in [1.165, 1.54) is 250 Å². The molecule has 2 unspecified atom stereocenters. The van der Waals surface area contributed by atoms with Gasteiger partial charge in [-0.05, 0) is 134 Å². The number of unbranched alkanes of at least 4 members (excludes halogenated alkanes) is 22. The van der Waals surface area contributed by atoms with Crippen LogP contribution in [0.1, 0.15) is 276 Å². The number of hydrogen-bond donors (Lipinski definition) is 0. The van der Waals surface area contributed by atoms with Crippen molar-refractivity contribution in [1.29, 1.82) is 0 Å². The molecule has 8 heterocycles. The van der Waals surface area contributed by atoms with Gasteiger partial charge in [-0.2, -0.15) is 0 Å². The second kappa shape index (κ2) is 34.7. The van der Waals surface area contributed by atoms with Crippen LogP contribution in [-0.4, -0.2) is 16.1 Å². The first kappa shape index (κ1) is 66.2. The molecule has 0 spiro atoms. The molecule has 6 aromatic heterocycles. The van der Waals surface area contributed by atoms with Gasteiger partial charge in [0.1, 0.15) is 0 Å². The fraction of sp³-hybridized carbons (Fsp3) is 0.667. The Kier molecular flexibility index (Phi) is 28.7. The number of hydrogen-bond acceptors (Lipinski definition) is 6. The normalized spacial score (nSPS) is 14.5. The highest BCUT2D eigenvalue weighted by Gasteiger charge is 2.52. The quantitative estimate of drug-likeness (QED) is 0.0266. The van der Waals surface area contributed by atoms with E-state index in [1.807, 2.05) is 0 Å². The molecule has 8 heteroatoms. The summed E-state index contributed by atoms with van der Waals surface area (Å²) in [5.74, 6) is 1.73. The van der Waals surface area contributed by atoms with Gasteiger partial charge in [-0.15, -0.1) is 68.0 Å². The van der Waals surface area contributed by atoms with Gasteiger partial charge in [-0.1, -0.05) is 246 Å². The highest BCUT2D eigenvalue weighted by atomic mass is 32.1. The van der Waals surface area contributed by atoms with Crippen LogP contribution >= 0.6 is 68.0 Å². The molecule has 2 atom stereocenters. The third-order valence-corrected chi connectivity index (χ3v) is 38.0. The first-order chi connectivity index (χ1) is 39.1. The molecule has 444 valence electrons. The lowest BCUT2D eigenvalue weighted by atomic mass is 9.96. The molecule has 2 aliphatic heterocycles. The summed E-state index contributed by atoms with van der Waals surface area (Å²) < 4.78 is 3.55. The molecule has 0 N–H and O–H groups in total. The van der Waals surface area contributed by atoms with Crippen LogP contribution in [0.4, 0.5) is 0 Å². The van der Waals surface area contributed by atoms with E-state index in [-0.39, 0.29) is 0 Å². The van der Waals surface area contributed by atoms with Gasteiger partial charge in [0.2, 0.25) is 0 Å². The first-order valence-corrected chi connectivity index (χ1v) is 43.0. The number of rotatable bonds is 40. The predicted octanol–water partition coefficient (Wildman–Crippen LogP) is 22.8. The third-order valence-electron chi connectivity index (χ3n) is 18.4. The molecule has 0 aliphatic carbocycles. The van der Waals surface area contributed by atoms with E-state index in [9.17, 15) is 0 Å². The number of thiophene rings is 6. The summed E-state index contributed by atoms with van der Waals surface area (Å²) in [6.45, 7) is 23.5. The number of fused-ring (bicyclic) bond motifs is 6. The fourth-order valence-corrected chi connectivity index (χ4v) is 37.3. The Morgan fingerprint density at radius 1 is 0.300 bits per heavy atom. The van der Waals surface area contributed by atoms with E-state index in [1.54, 1.807) is 59.0 Å². The van der Waals surface area contributed by atoms with Gasteiger partial charge < -0.3 is 0 Å². The molecule has 0 amide bonds. The molecular formula is C72H112S6Si2. The maximum absolute atomic E-state index is 2.65. The van der Waals surface area contributed by atoms with Crippen molar-refractivity contribution in [3.05, 3.63) is 77.8 Å². The minimum Gasteiger partial charge on any atom is -0.149 e. The Hall–Kier alpha value is -1.37. The van der Waals surface area contributed by atoms with Gasteiger partial charge in [0.15, 0.2) is 16.1 Å². The molecule has 0 saturated heterocycles. The minimum absolute atomic E-state index is 0.863. The Labute approximate surface area is 518 Å². The van der Waals surface area contributed by atoms with E-state index in [0.29, 0.717) is 0 Å². The molecule has 6 aromatic rings. The maximum Gasteiger partial charge on any atom is 0.164 e. The lowest BCUT2D eigenvalue weighted by Gasteiger charge is -2.32. The predicted molar refractivity (Wildman–Crippen MR) is 378 cm³/mol. The van der Waals surface area contributed by atoms with Gasteiger partial charge in [0.25, 0.3) is 0 Å². The maximum atomic E-state index is 2.65. The summed E-state index contributed by atoms with van der Waals surface area (Å²) in [5, 5.41) is 7.15. The van der Waals surface area contributed by atoms with Gasteiger partial charge in [-0.3, -0.25) is 0 Å². The average Bonchev–Trinajstić information content (AvgIpc) is 4.46. The summed E-state index contributed by atoms with van der Waals surface area (Å²) in [6, 6.07) is 23.8. The van der Waals surface area contributed by atoms with Crippen LogP contribution in [-0.2, 0) is 12.8 Å². The van der Waals surface area contributed by atoms with Crippen LogP contribution in [0.5, 0.6) is 0 Å². The van der Waals surface area contributed by atoms with Crippen molar-refractivity contribution in [2.45, 2.75) is 300 Å². The van der Waals surface area contributed by atoms with E-state index in [2.05, 4.69) is 186 Å². The fourth-order valence-electron chi connectivity index (χ4n) is 14.1. The average molecular weight is 1230 g/mol. The van der Waals surface area contributed by atoms with Gasteiger partial charge >= 0.3 is 0 Å². The molecule has 0 radical (unpaired) electrons. The van der Waals surface area contributed by atoms with E-state index < -0.39 is 16.1 Å². The molecule has 2 aliphatic rings. The molecule has 0 saturated carbocycles. The Morgan fingerprint density at radius 2 is 0.562 bits per heavy atom. The van der Waals surface area contributed by atoms with Crippen molar-refractivity contribution >= 4 is 114 Å².